The molecule has 3 rings (SSSR count). The van der Waals surface area contributed by atoms with E-state index in [1.54, 1.807) is 19.1 Å². The highest BCUT2D eigenvalue weighted by Gasteiger charge is 2.46. The van der Waals surface area contributed by atoms with Crippen LogP contribution in [0.1, 0.15) is 40.5 Å². The topological polar surface area (TPSA) is 76.6 Å². The Morgan fingerprint density at radius 3 is 2.47 bits per heavy atom. The summed E-state index contributed by atoms with van der Waals surface area (Å²) in [6.45, 7) is 6.58. The van der Waals surface area contributed by atoms with Crippen molar-refractivity contribution in [2.45, 2.75) is 33.2 Å². The van der Waals surface area contributed by atoms with Gasteiger partial charge in [-0.1, -0.05) is 12.1 Å². The molecule has 0 spiro atoms. The van der Waals surface area contributed by atoms with E-state index in [4.69, 9.17) is 0 Å². The summed E-state index contributed by atoms with van der Waals surface area (Å²) < 4.78 is 14.0. The van der Waals surface area contributed by atoms with Crippen LogP contribution >= 0.6 is 0 Å². The van der Waals surface area contributed by atoms with E-state index in [2.05, 4.69) is 4.98 Å². The number of carbonyl (C=O) groups excluding carboxylic acids is 2. The van der Waals surface area contributed by atoms with Crippen molar-refractivity contribution in [3.05, 3.63) is 63.7 Å². The Hall–Kier alpha value is -2.93. The van der Waals surface area contributed by atoms with Crippen LogP contribution in [0.5, 0.6) is 0 Å². The lowest BCUT2D eigenvalue weighted by Crippen LogP contribution is -2.32. The number of H-pyrrole nitrogens is 1. The number of hydrogen-bond donors (Lipinski definition) is 2. The van der Waals surface area contributed by atoms with E-state index in [0.29, 0.717) is 29.8 Å². The van der Waals surface area contributed by atoms with Crippen molar-refractivity contribution in [3.63, 3.8) is 0 Å². The maximum Gasteiger partial charge on any atom is 0.295 e. The van der Waals surface area contributed by atoms with Crippen LogP contribution in [0.2, 0.25) is 0 Å². The summed E-state index contributed by atoms with van der Waals surface area (Å²) in [6.07, 6.45) is 0.646. The highest BCUT2D eigenvalue weighted by molar-refractivity contribution is 6.46. The zero-order chi connectivity index (χ0) is 22.2. The fourth-order valence-electron chi connectivity index (χ4n) is 4.09. The fraction of sp³-hybridized carbons (Fsp3) is 0.391. The van der Waals surface area contributed by atoms with E-state index in [1.807, 2.05) is 32.8 Å². The quantitative estimate of drug-likeness (QED) is 0.432. The van der Waals surface area contributed by atoms with E-state index in [1.165, 1.54) is 17.0 Å². The minimum atomic E-state index is -0.836. The molecule has 1 saturated heterocycles. The zero-order valence-electron chi connectivity index (χ0n) is 18.0. The van der Waals surface area contributed by atoms with E-state index in [9.17, 15) is 19.1 Å². The number of carbonyl (C=O) groups is 2. The zero-order valence-corrected chi connectivity index (χ0v) is 18.0. The van der Waals surface area contributed by atoms with Crippen molar-refractivity contribution < 1.29 is 19.1 Å². The Bertz CT molecular complexity index is 1020. The second kappa shape index (κ2) is 8.44. The van der Waals surface area contributed by atoms with Crippen LogP contribution in [0.3, 0.4) is 0 Å². The molecule has 1 aromatic heterocycles. The molecule has 1 aromatic carbocycles. The van der Waals surface area contributed by atoms with Crippen molar-refractivity contribution in [1.29, 1.82) is 0 Å². The average Bonchev–Trinajstić information content (AvgIpc) is 3.07. The molecule has 1 amide bonds. The first-order chi connectivity index (χ1) is 14.1. The van der Waals surface area contributed by atoms with Gasteiger partial charge in [-0.2, -0.15) is 0 Å². The molecule has 0 bridgehead atoms. The lowest BCUT2D eigenvalue weighted by atomic mass is 9.94. The summed E-state index contributed by atoms with van der Waals surface area (Å²) in [5.74, 6) is -2.11. The Morgan fingerprint density at radius 2 is 1.90 bits per heavy atom. The second-order valence-corrected chi connectivity index (χ2v) is 8.08. The molecule has 0 radical (unpaired) electrons. The molecular formula is C23H28FN3O3. The van der Waals surface area contributed by atoms with Gasteiger partial charge in [0.15, 0.2) is 0 Å². The number of rotatable bonds is 6. The summed E-state index contributed by atoms with van der Waals surface area (Å²) in [5, 5.41) is 11.2. The minimum Gasteiger partial charge on any atom is -0.507 e. The number of hydrogen-bond acceptors (Lipinski definition) is 4. The molecule has 2 N–H and O–H groups in total. The number of benzene rings is 1. The maximum absolute atomic E-state index is 14.0. The van der Waals surface area contributed by atoms with Crippen LogP contribution in [0, 0.1) is 26.6 Å². The van der Waals surface area contributed by atoms with Gasteiger partial charge in [-0.25, -0.2) is 4.39 Å². The van der Waals surface area contributed by atoms with Gasteiger partial charge >= 0.3 is 0 Å². The number of likely N-dealkylation sites (tertiary alicyclic amines) is 1. The maximum atomic E-state index is 14.0. The number of aryl methyl sites for hydroxylation is 2. The SMILES string of the molecule is Cc1[nH]c(C)c(/C(O)=C2\C(=O)C(=O)N(CCCN(C)C)C2c2cccc(F)c2)c1C. The number of nitrogens with zero attached hydrogens (tertiary/aromatic N) is 2. The van der Waals surface area contributed by atoms with Crippen molar-refractivity contribution in [3.8, 4) is 0 Å². The normalized spacial score (nSPS) is 18.6. The fourth-order valence-corrected chi connectivity index (χ4v) is 4.09. The van der Waals surface area contributed by atoms with Gasteiger partial charge in [0.1, 0.15) is 11.6 Å². The first-order valence-corrected chi connectivity index (χ1v) is 9.98. The standard InChI is InChI=1S/C23H28FN3O3/c1-13-14(2)25-15(3)18(13)21(28)19-20(16-8-6-9-17(24)12-16)27(23(30)22(19)29)11-7-10-26(4)5/h6,8-9,12,20,25,28H,7,10-11H2,1-5H3/b21-19+. The van der Waals surface area contributed by atoms with Crippen LogP contribution in [0.15, 0.2) is 29.8 Å². The smallest absolute Gasteiger partial charge is 0.295 e. The Kier molecular flexibility index (Phi) is 6.12. The van der Waals surface area contributed by atoms with E-state index >= 15 is 0 Å². The molecule has 1 atom stereocenters. The number of aromatic nitrogens is 1. The van der Waals surface area contributed by atoms with Crippen molar-refractivity contribution in [1.82, 2.24) is 14.8 Å². The largest absolute Gasteiger partial charge is 0.507 e. The highest BCUT2D eigenvalue weighted by Crippen LogP contribution is 2.40. The van der Waals surface area contributed by atoms with Gasteiger partial charge in [0.2, 0.25) is 0 Å². The van der Waals surface area contributed by atoms with Gasteiger partial charge in [0.25, 0.3) is 11.7 Å². The van der Waals surface area contributed by atoms with Crippen molar-refractivity contribution in [2.24, 2.45) is 0 Å². The number of halogens is 1. The molecule has 160 valence electrons. The Balaban J connectivity index is 2.16. The third-order valence-corrected chi connectivity index (χ3v) is 5.63. The van der Waals surface area contributed by atoms with Crippen LogP contribution < -0.4 is 0 Å². The molecule has 0 aliphatic carbocycles. The molecule has 0 saturated carbocycles. The minimum absolute atomic E-state index is 0.000605. The summed E-state index contributed by atoms with van der Waals surface area (Å²) >= 11 is 0. The summed E-state index contributed by atoms with van der Waals surface area (Å²) in [7, 11) is 3.86. The molecule has 7 heteroatoms. The molecule has 2 aromatic rings. The number of Topliss-reactive ketones (excluding diaryl/α,β-unsaturated/α-hetero) is 1. The van der Waals surface area contributed by atoms with E-state index in [-0.39, 0.29) is 11.3 Å². The van der Waals surface area contributed by atoms with Crippen LogP contribution in [-0.2, 0) is 9.59 Å². The lowest BCUT2D eigenvalue weighted by molar-refractivity contribution is -0.139. The number of nitrogens with one attached hydrogen (secondary N) is 1. The molecule has 1 aliphatic rings. The number of aliphatic hydroxyl groups excluding tert-OH is 1. The predicted molar refractivity (Wildman–Crippen MR) is 114 cm³/mol. The number of aromatic amines is 1. The first-order valence-electron chi connectivity index (χ1n) is 9.98. The molecular weight excluding hydrogens is 385 g/mol. The molecule has 1 unspecified atom stereocenters. The highest BCUT2D eigenvalue weighted by atomic mass is 19.1. The van der Waals surface area contributed by atoms with Gasteiger partial charge in [-0.15, -0.1) is 0 Å². The van der Waals surface area contributed by atoms with Crippen LogP contribution in [0.25, 0.3) is 5.76 Å². The Morgan fingerprint density at radius 1 is 1.20 bits per heavy atom. The van der Waals surface area contributed by atoms with E-state index in [0.717, 1.165) is 17.8 Å². The third kappa shape index (κ3) is 3.89. The molecule has 1 aliphatic heterocycles. The predicted octanol–water partition coefficient (Wildman–Crippen LogP) is 3.45. The van der Waals surface area contributed by atoms with Gasteiger partial charge in [-0.3, -0.25) is 9.59 Å². The Labute approximate surface area is 176 Å². The van der Waals surface area contributed by atoms with Gasteiger partial charge < -0.3 is 19.9 Å². The number of amides is 1. The van der Waals surface area contributed by atoms with Crippen LogP contribution in [0.4, 0.5) is 4.39 Å². The summed E-state index contributed by atoms with van der Waals surface area (Å²) in [4.78, 5) is 32.5. The third-order valence-electron chi connectivity index (χ3n) is 5.63. The summed E-state index contributed by atoms with van der Waals surface area (Å²) in [6, 6.07) is 5.00. The number of aliphatic hydroxyl groups is 1. The van der Waals surface area contributed by atoms with Gasteiger partial charge in [0.05, 0.1) is 11.6 Å². The van der Waals surface area contributed by atoms with Crippen molar-refractivity contribution in [2.75, 3.05) is 27.2 Å². The lowest BCUT2D eigenvalue weighted by Gasteiger charge is -2.26. The second-order valence-electron chi connectivity index (χ2n) is 8.08. The van der Waals surface area contributed by atoms with E-state index < -0.39 is 23.5 Å². The molecule has 6 nitrogen and oxygen atoms in total. The molecule has 30 heavy (non-hydrogen) atoms. The monoisotopic (exact) mass is 413 g/mol. The number of ketones is 1. The van der Waals surface area contributed by atoms with Gasteiger partial charge in [-0.05, 0) is 71.1 Å². The average molecular weight is 413 g/mol. The van der Waals surface area contributed by atoms with Crippen LogP contribution in [-0.4, -0.2) is 58.8 Å². The van der Waals surface area contributed by atoms with Gasteiger partial charge in [0, 0.05) is 23.5 Å². The first kappa shape index (κ1) is 21.8. The molecule has 2 heterocycles. The molecule has 1 fully saturated rings. The summed E-state index contributed by atoms with van der Waals surface area (Å²) in [5.41, 5.74) is 3.36. The van der Waals surface area contributed by atoms with Crippen molar-refractivity contribution >= 4 is 17.4 Å².